The van der Waals surface area contributed by atoms with Gasteiger partial charge < -0.3 is 15.1 Å². The number of carbonyl (C=O) groups excluding carboxylic acids is 1. The Kier molecular flexibility index (Phi) is 4.07. The topological polar surface area (TPSA) is 87.1 Å². The minimum Gasteiger partial charge on any atom is -0.342 e. The van der Waals surface area contributed by atoms with Crippen molar-refractivity contribution in [3.05, 3.63) is 42.7 Å². The number of benzene rings is 1. The minimum absolute atomic E-state index is 0.559. The summed E-state index contributed by atoms with van der Waals surface area (Å²) in [6, 6.07) is 9.88. The second-order valence-electron chi connectivity index (χ2n) is 5.78. The zero-order valence-electron chi connectivity index (χ0n) is 13.5. The molecule has 1 aliphatic heterocycles. The summed E-state index contributed by atoms with van der Waals surface area (Å²) < 4.78 is 0. The van der Waals surface area contributed by atoms with Gasteiger partial charge in [-0.2, -0.15) is 10.1 Å². The van der Waals surface area contributed by atoms with Gasteiger partial charge in [0.05, 0.1) is 17.4 Å². The molecule has 0 atom stereocenters. The normalized spacial score (nSPS) is 14.6. The molecule has 8 heteroatoms. The third-order valence-corrected chi connectivity index (χ3v) is 4.19. The molecule has 0 aliphatic carbocycles. The van der Waals surface area contributed by atoms with E-state index in [-0.39, 0.29) is 0 Å². The SMILES string of the molecule is O=CN1CCN(c2nncc(Nc3cccc4cccnc34)n2)CC1. The summed E-state index contributed by atoms with van der Waals surface area (Å²) in [5.41, 5.74) is 1.75. The maximum absolute atomic E-state index is 10.8. The van der Waals surface area contributed by atoms with Gasteiger partial charge in [-0.3, -0.25) is 9.78 Å². The number of nitrogens with one attached hydrogen (secondary N) is 1. The molecule has 1 amide bonds. The lowest BCUT2D eigenvalue weighted by Gasteiger charge is -2.32. The Morgan fingerprint density at radius 1 is 1.08 bits per heavy atom. The third-order valence-electron chi connectivity index (χ3n) is 4.19. The second-order valence-corrected chi connectivity index (χ2v) is 5.78. The molecule has 2 aromatic heterocycles. The number of hydrogen-bond acceptors (Lipinski definition) is 7. The molecule has 0 saturated carbocycles. The first-order chi connectivity index (χ1) is 12.3. The van der Waals surface area contributed by atoms with Crippen molar-refractivity contribution in [3.8, 4) is 0 Å². The molecule has 3 aromatic rings. The number of fused-ring (bicyclic) bond motifs is 1. The summed E-state index contributed by atoms with van der Waals surface area (Å²) in [5.74, 6) is 1.17. The van der Waals surface area contributed by atoms with Gasteiger partial charge in [-0.25, -0.2) is 0 Å². The number of rotatable bonds is 4. The number of nitrogens with zero attached hydrogens (tertiary/aromatic N) is 6. The summed E-state index contributed by atoms with van der Waals surface area (Å²) >= 11 is 0. The van der Waals surface area contributed by atoms with Gasteiger partial charge in [0.1, 0.15) is 0 Å². The Bertz CT molecular complexity index is 888. The quantitative estimate of drug-likeness (QED) is 0.722. The van der Waals surface area contributed by atoms with Crippen LogP contribution >= 0.6 is 0 Å². The molecule has 1 fully saturated rings. The van der Waals surface area contributed by atoms with Gasteiger partial charge in [0, 0.05) is 37.8 Å². The van der Waals surface area contributed by atoms with E-state index in [1.165, 1.54) is 0 Å². The fraction of sp³-hybridized carbons (Fsp3) is 0.235. The molecule has 1 aliphatic rings. The van der Waals surface area contributed by atoms with Gasteiger partial charge in [-0.15, -0.1) is 5.10 Å². The Balaban J connectivity index is 1.56. The molecule has 1 N–H and O–H groups in total. The van der Waals surface area contributed by atoms with E-state index in [1.54, 1.807) is 17.3 Å². The van der Waals surface area contributed by atoms with Crippen LogP contribution in [0.4, 0.5) is 17.5 Å². The van der Waals surface area contributed by atoms with Crippen LogP contribution in [-0.4, -0.2) is 57.7 Å². The van der Waals surface area contributed by atoms with Gasteiger partial charge in [-0.05, 0) is 12.1 Å². The van der Waals surface area contributed by atoms with Gasteiger partial charge in [0.25, 0.3) is 0 Å². The number of carbonyl (C=O) groups is 1. The van der Waals surface area contributed by atoms with E-state index in [0.717, 1.165) is 23.0 Å². The van der Waals surface area contributed by atoms with E-state index in [2.05, 4.69) is 25.5 Å². The Morgan fingerprint density at radius 3 is 2.76 bits per heavy atom. The number of pyridine rings is 1. The maximum atomic E-state index is 10.8. The monoisotopic (exact) mass is 335 g/mol. The van der Waals surface area contributed by atoms with E-state index in [0.29, 0.717) is 37.9 Å². The zero-order valence-corrected chi connectivity index (χ0v) is 13.5. The molecule has 126 valence electrons. The van der Waals surface area contributed by atoms with Crippen molar-refractivity contribution < 1.29 is 4.79 Å². The molecule has 0 radical (unpaired) electrons. The fourth-order valence-corrected chi connectivity index (χ4v) is 2.86. The van der Waals surface area contributed by atoms with Crippen molar-refractivity contribution in [2.45, 2.75) is 0 Å². The highest BCUT2D eigenvalue weighted by atomic mass is 16.1. The average Bonchev–Trinajstić information content (AvgIpc) is 2.69. The van der Waals surface area contributed by atoms with E-state index >= 15 is 0 Å². The first-order valence-electron chi connectivity index (χ1n) is 8.08. The molecule has 0 spiro atoms. The Hall–Kier alpha value is -3.29. The van der Waals surface area contributed by atoms with Gasteiger partial charge >= 0.3 is 0 Å². The minimum atomic E-state index is 0.559. The molecule has 8 nitrogen and oxygen atoms in total. The Labute approximate surface area is 144 Å². The van der Waals surface area contributed by atoms with E-state index < -0.39 is 0 Å². The predicted octanol–water partition coefficient (Wildman–Crippen LogP) is 1.44. The van der Waals surface area contributed by atoms with Gasteiger partial charge in [0.15, 0.2) is 5.82 Å². The smallest absolute Gasteiger partial charge is 0.247 e. The summed E-state index contributed by atoms with van der Waals surface area (Å²) in [6.07, 6.45) is 4.23. The third kappa shape index (κ3) is 3.18. The first kappa shape index (κ1) is 15.3. The lowest BCUT2D eigenvalue weighted by molar-refractivity contribution is -0.118. The number of piperazine rings is 1. The van der Waals surface area contributed by atoms with Crippen molar-refractivity contribution >= 4 is 34.8 Å². The van der Waals surface area contributed by atoms with Crippen molar-refractivity contribution in [1.29, 1.82) is 0 Å². The standard InChI is InChI=1S/C17H17N7O/c25-12-23-7-9-24(10-8-23)17-21-15(11-19-22-17)20-14-5-1-3-13-4-2-6-18-16(13)14/h1-6,11-12H,7-10H2,(H,20,21,22). The lowest BCUT2D eigenvalue weighted by atomic mass is 10.2. The van der Waals surface area contributed by atoms with Crippen molar-refractivity contribution in [2.75, 3.05) is 36.4 Å². The van der Waals surface area contributed by atoms with Crippen LogP contribution < -0.4 is 10.2 Å². The van der Waals surface area contributed by atoms with Crippen LogP contribution in [-0.2, 0) is 4.79 Å². The molecular weight excluding hydrogens is 318 g/mol. The molecule has 0 bridgehead atoms. The predicted molar refractivity (Wildman–Crippen MR) is 94.7 cm³/mol. The first-order valence-corrected chi connectivity index (χ1v) is 8.08. The summed E-state index contributed by atoms with van der Waals surface area (Å²) in [5, 5.41) is 12.5. The number of amides is 1. The Morgan fingerprint density at radius 2 is 1.92 bits per heavy atom. The van der Waals surface area contributed by atoms with Crippen LogP contribution in [0.2, 0.25) is 0 Å². The number of para-hydroxylation sites is 1. The van der Waals surface area contributed by atoms with Crippen molar-refractivity contribution in [2.24, 2.45) is 0 Å². The van der Waals surface area contributed by atoms with E-state index in [9.17, 15) is 4.79 Å². The van der Waals surface area contributed by atoms with Crippen LogP contribution in [0.15, 0.2) is 42.7 Å². The fourth-order valence-electron chi connectivity index (χ4n) is 2.86. The lowest BCUT2D eigenvalue weighted by Crippen LogP contribution is -2.46. The molecule has 0 unspecified atom stereocenters. The molecule has 1 saturated heterocycles. The molecule has 4 rings (SSSR count). The summed E-state index contributed by atoms with van der Waals surface area (Å²) in [7, 11) is 0. The second kappa shape index (κ2) is 6.68. The number of anilines is 3. The maximum Gasteiger partial charge on any atom is 0.247 e. The summed E-state index contributed by atoms with van der Waals surface area (Å²) in [4.78, 5) is 23.6. The van der Waals surface area contributed by atoms with Crippen LogP contribution in [0, 0.1) is 0 Å². The van der Waals surface area contributed by atoms with Crippen LogP contribution in [0.3, 0.4) is 0 Å². The molecule has 1 aromatic carbocycles. The van der Waals surface area contributed by atoms with E-state index in [4.69, 9.17) is 0 Å². The molecular formula is C17H17N7O. The molecule has 25 heavy (non-hydrogen) atoms. The van der Waals surface area contributed by atoms with Gasteiger partial charge in [-0.1, -0.05) is 18.2 Å². The van der Waals surface area contributed by atoms with Crippen LogP contribution in [0.5, 0.6) is 0 Å². The highest BCUT2D eigenvalue weighted by molar-refractivity contribution is 5.91. The summed E-state index contributed by atoms with van der Waals surface area (Å²) in [6.45, 7) is 2.72. The molecule has 3 heterocycles. The van der Waals surface area contributed by atoms with Crippen LogP contribution in [0.1, 0.15) is 0 Å². The highest BCUT2D eigenvalue weighted by Gasteiger charge is 2.18. The van der Waals surface area contributed by atoms with Crippen LogP contribution in [0.25, 0.3) is 10.9 Å². The largest absolute Gasteiger partial charge is 0.342 e. The zero-order chi connectivity index (χ0) is 17.1. The highest BCUT2D eigenvalue weighted by Crippen LogP contribution is 2.24. The number of hydrogen-bond donors (Lipinski definition) is 1. The van der Waals surface area contributed by atoms with Gasteiger partial charge in [0.2, 0.25) is 12.4 Å². The number of aromatic nitrogens is 4. The van der Waals surface area contributed by atoms with Crippen molar-refractivity contribution in [3.63, 3.8) is 0 Å². The van der Waals surface area contributed by atoms with Crippen molar-refractivity contribution in [1.82, 2.24) is 25.1 Å². The van der Waals surface area contributed by atoms with E-state index in [1.807, 2.05) is 35.2 Å². The average molecular weight is 335 g/mol.